The minimum atomic E-state index is -3.80. The van der Waals surface area contributed by atoms with E-state index in [1.54, 1.807) is 13.8 Å². The number of piperazine rings is 1. The molecule has 0 bridgehead atoms. The minimum Gasteiger partial charge on any atom is -0.462 e. The van der Waals surface area contributed by atoms with Crippen molar-refractivity contribution in [1.82, 2.24) is 14.1 Å². The molecule has 2 aliphatic rings. The number of anilines is 1. The largest absolute Gasteiger partial charge is 0.462 e. The number of nitrogens with one attached hydrogen (secondary N) is 1. The Balaban J connectivity index is 1.47. The standard InChI is InChI=1S/C25H32N4O7S2/c1-4-35-24(31)21-19-10-11-27(3)16-20(19)37-23(21)26-22(30)17-6-8-18(9-7-17)38(33,34)29-14-12-28(13-15-29)25(32)36-5-2/h6-9H,4-5,10-16H2,1-3H3,(H,26,30). The van der Waals surface area contributed by atoms with Crippen LogP contribution >= 0.6 is 11.3 Å². The summed E-state index contributed by atoms with van der Waals surface area (Å²) in [6, 6.07) is 5.68. The number of carbonyl (C=O) groups excluding carboxylic acids is 3. The maximum atomic E-state index is 13.1. The van der Waals surface area contributed by atoms with E-state index in [1.807, 2.05) is 7.05 Å². The second kappa shape index (κ2) is 11.8. The summed E-state index contributed by atoms with van der Waals surface area (Å²) in [6.45, 7) is 6.20. The zero-order valence-electron chi connectivity index (χ0n) is 21.7. The van der Waals surface area contributed by atoms with Crippen molar-refractivity contribution in [3.8, 4) is 0 Å². The number of benzene rings is 1. The number of amides is 2. The molecule has 0 saturated carbocycles. The van der Waals surface area contributed by atoms with Crippen LogP contribution in [0.4, 0.5) is 9.80 Å². The molecule has 0 unspecified atom stereocenters. The van der Waals surface area contributed by atoms with Crippen molar-refractivity contribution in [2.45, 2.75) is 31.7 Å². The van der Waals surface area contributed by atoms with E-state index in [-0.39, 0.29) is 49.9 Å². The molecule has 2 aliphatic heterocycles. The summed E-state index contributed by atoms with van der Waals surface area (Å²) >= 11 is 1.36. The smallest absolute Gasteiger partial charge is 0.409 e. The summed E-state index contributed by atoms with van der Waals surface area (Å²) in [7, 11) is -1.80. The van der Waals surface area contributed by atoms with Gasteiger partial charge < -0.3 is 24.6 Å². The molecule has 4 rings (SSSR count). The normalized spacial score (nSPS) is 16.6. The Morgan fingerprint density at radius 1 is 0.974 bits per heavy atom. The third-order valence-corrected chi connectivity index (χ3v) is 9.52. The minimum absolute atomic E-state index is 0.0560. The molecule has 13 heteroatoms. The Morgan fingerprint density at radius 2 is 1.63 bits per heavy atom. The summed E-state index contributed by atoms with van der Waals surface area (Å²) in [6.07, 6.45) is 0.233. The first-order valence-corrected chi connectivity index (χ1v) is 14.7. The highest BCUT2D eigenvalue weighted by Gasteiger charge is 2.31. The maximum Gasteiger partial charge on any atom is 0.409 e. The van der Waals surface area contributed by atoms with Crippen LogP contribution in [0.3, 0.4) is 0 Å². The van der Waals surface area contributed by atoms with Crippen LogP contribution in [0.15, 0.2) is 29.2 Å². The fourth-order valence-corrected chi connectivity index (χ4v) is 7.20. The molecule has 1 N–H and O–H groups in total. The number of thiophene rings is 1. The zero-order valence-corrected chi connectivity index (χ0v) is 23.3. The van der Waals surface area contributed by atoms with Gasteiger partial charge in [0.05, 0.1) is 23.7 Å². The number of nitrogens with zero attached hydrogens (tertiary/aromatic N) is 3. The summed E-state index contributed by atoms with van der Waals surface area (Å²) in [5.41, 5.74) is 1.56. The van der Waals surface area contributed by atoms with Crippen molar-refractivity contribution in [2.75, 3.05) is 58.3 Å². The number of likely N-dealkylation sites (N-methyl/N-ethyl adjacent to an activating group) is 1. The predicted octanol–water partition coefficient (Wildman–Crippen LogP) is 2.63. The molecule has 1 aromatic heterocycles. The lowest BCUT2D eigenvalue weighted by atomic mass is 10.0. The number of carbonyl (C=O) groups is 3. The average Bonchev–Trinajstić information content (AvgIpc) is 3.25. The summed E-state index contributed by atoms with van der Waals surface area (Å²) < 4.78 is 37.8. The first-order chi connectivity index (χ1) is 18.1. The average molecular weight is 565 g/mol. The lowest BCUT2D eigenvalue weighted by molar-refractivity contribution is 0.0526. The topological polar surface area (TPSA) is 126 Å². The van der Waals surface area contributed by atoms with Gasteiger partial charge in [0.2, 0.25) is 10.0 Å². The molecule has 0 aliphatic carbocycles. The van der Waals surface area contributed by atoms with E-state index in [0.717, 1.165) is 17.0 Å². The zero-order chi connectivity index (χ0) is 27.4. The second-order valence-electron chi connectivity index (χ2n) is 8.98. The highest BCUT2D eigenvalue weighted by Crippen LogP contribution is 2.37. The number of ether oxygens (including phenoxy) is 2. The first-order valence-electron chi connectivity index (χ1n) is 12.5. The molecule has 3 heterocycles. The van der Waals surface area contributed by atoms with Gasteiger partial charge in [-0.05, 0) is 57.1 Å². The van der Waals surface area contributed by atoms with E-state index >= 15 is 0 Å². The molecule has 1 saturated heterocycles. The molecule has 2 aromatic rings. The first kappa shape index (κ1) is 28.0. The molecule has 0 radical (unpaired) electrons. The van der Waals surface area contributed by atoms with Crippen molar-refractivity contribution < 1.29 is 32.3 Å². The lowest BCUT2D eigenvalue weighted by Crippen LogP contribution is -2.50. The van der Waals surface area contributed by atoms with Crippen LogP contribution in [-0.4, -0.2) is 93.5 Å². The molecule has 1 aromatic carbocycles. The molecule has 1 fully saturated rings. The SMILES string of the molecule is CCOC(=O)c1c(NC(=O)c2ccc(S(=O)(=O)N3CCN(C(=O)OCC)CC3)cc2)sc2c1CCN(C)C2. The van der Waals surface area contributed by atoms with Gasteiger partial charge in [0.1, 0.15) is 5.00 Å². The lowest BCUT2D eigenvalue weighted by Gasteiger charge is -2.33. The molecule has 206 valence electrons. The van der Waals surface area contributed by atoms with Crippen molar-refractivity contribution >= 4 is 44.3 Å². The number of sulfonamides is 1. The van der Waals surface area contributed by atoms with Crippen LogP contribution in [0.2, 0.25) is 0 Å². The van der Waals surface area contributed by atoms with Crippen LogP contribution in [-0.2, 0) is 32.5 Å². The maximum absolute atomic E-state index is 13.1. The van der Waals surface area contributed by atoms with Crippen LogP contribution in [0.1, 0.15) is 45.0 Å². The van der Waals surface area contributed by atoms with Gasteiger partial charge in [-0.3, -0.25) is 4.79 Å². The van der Waals surface area contributed by atoms with Gasteiger partial charge in [-0.25, -0.2) is 18.0 Å². The van der Waals surface area contributed by atoms with E-state index in [9.17, 15) is 22.8 Å². The highest BCUT2D eigenvalue weighted by molar-refractivity contribution is 7.89. The fraction of sp³-hybridized carbons (Fsp3) is 0.480. The van der Waals surface area contributed by atoms with Crippen LogP contribution in [0.25, 0.3) is 0 Å². The molecule has 2 amide bonds. The summed E-state index contributed by atoms with van der Waals surface area (Å²) in [5.74, 6) is -0.913. The Kier molecular flexibility index (Phi) is 8.71. The Bertz CT molecular complexity index is 1300. The van der Waals surface area contributed by atoms with Crippen molar-refractivity contribution in [2.24, 2.45) is 0 Å². The number of hydrogen-bond donors (Lipinski definition) is 1. The molecule has 38 heavy (non-hydrogen) atoms. The van der Waals surface area contributed by atoms with Gasteiger partial charge in [0.15, 0.2) is 0 Å². The predicted molar refractivity (Wildman–Crippen MR) is 142 cm³/mol. The number of fused-ring (bicyclic) bond motifs is 1. The monoisotopic (exact) mass is 564 g/mol. The fourth-order valence-electron chi connectivity index (χ4n) is 4.47. The number of hydrogen-bond acceptors (Lipinski definition) is 9. The van der Waals surface area contributed by atoms with Crippen LogP contribution in [0.5, 0.6) is 0 Å². The van der Waals surface area contributed by atoms with Gasteiger partial charge in [0, 0.05) is 49.7 Å². The molecule has 11 nitrogen and oxygen atoms in total. The van der Waals surface area contributed by atoms with Crippen molar-refractivity contribution in [1.29, 1.82) is 0 Å². The molecule has 0 spiro atoms. The van der Waals surface area contributed by atoms with E-state index < -0.39 is 28.0 Å². The van der Waals surface area contributed by atoms with Crippen molar-refractivity contribution in [3.05, 3.63) is 45.8 Å². The van der Waals surface area contributed by atoms with Gasteiger partial charge in [0.25, 0.3) is 5.91 Å². The Hall–Kier alpha value is -3.00. The van der Waals surface area contributed by atoms with Gasteiger partial charge in [-0.15, -0.1) is 11.3 Å². The van der Waals surface area contributed by atoms with E-state index in [4.69, 9.17) is 9.47 Å². The van der Waals surface area contributed by atoms with Gasteiger partial charge in [-0.1, -0.05) is 0 Å². The van der Waals surface area contributed by atoms with Crippen LogP contribution < -0.4 is 5.32 Å². The van der Waals surface area contributed by atoms with E-state index in [1.165, 1.54) is 44.8 Å². The number of esters is 1. The quantitative estimate of drug-likeness (QED) is 0.509. The van der Waals surface area contributed by atoms with Crippen LogP contribution in [0, 0.1) is 0 Å². The molecule has 0 atom stereocenters. The van der Waals surface area contributed by atoms with E-state index in [0.29, 0.717) is 23.5 Å². The highest BCUT2D eigenvalue weighted by atomic mass is 32.2. The molecular formula is C25H32N4O7S2. The molecular weight excluding hydrogens is 532 g/mol. The van der Waals surface area contributed by atoms with Gasteiger partial charge in [-0.2, -0.15) is 4.31 Å². The Labute approximate surface area is 226 Å². The second-order valence-corrected chi connectivity index (χ2v) is 12.0. The third-order valence-electron chi connectivity index (χ3n) is 6.47. The summed E-state index contributed by atoms with van der Waals surface area (Å²) in [5, 5.41) is 3.27. The van der Waals surface area contributed by atoms with E-state index in [2.05, 4.69) is 10.2 Å². The van der Waals surface area contributed by atoms with Gasteiger partial charge >= 0.3 is 12.1 Å². The van der Waals surface area contributed by atoms with Crippen molar-refractivity contribution in [3.63, 3.8) is 0 Å². The third kappa shape index (κ3) is 5.85. The summed E-state index contributed by atoms with van der Waals surface area (Å²) in [4.78, 5) is 42.4. The number of rotatable bonds is 7. The Morgan fingerprint density at radius 3 is 2.26 bits per heavy atom.